The van der Waals surface area contributed by atoms with Gasteiger partial charge in [-0.05, 0) is 77.0 Å². The zero-order valence-electron chi connectivity index (χ0n) is 31.1. The average molecular weight is 709 g/mol. The Morgan fingerprint density at radius 2 is 1.04 bits per heavy atom. The zero-order valence-corrected chi connectivity index (χ0v) is 32.0. The quantitative estimate of drug-likeness (QED) is 0.0304. The molecule has 0 aromatic heterocycles. The van der Waals surface area contributed by atoms with E-state index in [2.05, 4.69) is 79.1 Å². The Hall–Kier alpha value is -2.25. The number of unbranched alkanes of at least 4 members (excludes halogenated alkanes) is 13. The number of hydrogen-bond acceptors (Lipinski definition) is 7. The third-order valence-electron chi connectivity index (χ3n) is 7.75. The first kappa shape index (κ1) is 46.8. The van der Waals surface area contributed by atoms with Crippen molar-refractivity contribution in [3.05, 3.63) is 60.8 Å². The molecule has 0 fully saturated rings. The summed E-state index contributed by atoms with van der Waals surface area (Å²) in [6, 6.07) is 0. The normalized spacial score (nSPS) is 14.1. The van der Waals surface area contributed by atoms with Crippen LogP contribution >= 0.6 is 7.82 Å². The van der Waals surface area contributed by atoms with E-state index in [9.17, 15) is 19.0 Å². The molecule has 0 spiro atoms. The van der Waals surface area contributed by atoms with Crippen LogP contribution in [0.25, 0.3) is 0 Å². The van der Waals surface area contributed by atoms with Gasteiger partial charge in [-0.1, -0.05) is 126 Å². The molecule has 0 aliphatic carbocycles. The minimum atomic E-state index is -4.27. The fraction of sp³-hybridized carbons (Fsp3) is 0.700. The predicted molar refractivity (Wildman–Crippen MR) is 202 cm³/mol. The predicted octanol–water partition coefficient (Wildman–Crippen LogP) is 11.6. The van der Waals surface area contributed by atoms with Gasteiger partial charge in [-0.2, -0.15) is 0 Å². The van der Waals surface area contributed by atoms with Crippen LogP contribution in [0, 0.1) is 0 Å². The van der Waals surface area contributed by atoms with Crippen molar-refractivity contribution in [2.45, 2.75) is 161 Å². The van der Waals surface area contributed by atoms with Crippen LogP contribution in [0.1, 0.15) is 155 Å². The van der Waals surface area contributed by atoms with Crippen molar-refractivity contribution in [1.82, 2.24) is 0 Å². The molecule has 0 aromatic carbocycles. The molecule has 282 valence electrons. The second kappa shape index (κ2) is 35.6. The third-order valence-corrected chi connectivity index (χ3v) is 8.68. The second-order valence-electron chi connectivity index (χ2n) is 12.3. The molecule has 0 amide bonds. The molecule has 0 saturated heterocycles. The highest BCUT2D eigenvalue weighted by atomic mass is 31.2. The van der Waals surface area contributed by atoms with E-state index in [0.717, 1.165) is 84.2 Å². The summed E-state index contributed by atoms with van der Waals surface area (Å²) in [6.07, 6.45) is 42.7. The van der Waals surface area contributed by atoms with Gasteiger partial charge in [0.25, 0.3) is 0 Å². The van der Waals surface area contributed by atoms with Crippen LogP contribution < -0.4 is 0 Å². The molecule has 8 nitrogen and oxygen atoms in total. The molecule has 2 atom stereocenters. The van der Waals surface area contributed by atoms with Crippen LogP contribution in [0.3, 0.4) is 0 Å². The summed E-state index contributed by atoms with van der Waals surface area (Å²) in [5.74, 6) is -0.853. The maximum atomic E-state index is 12.4. The van der Waals surface area contributed by atoms with Crippen molar-refractivity contribution in [2.24, 2.45) is 0 Å². The van der Waals surface area contributed by atoms with Crippen molar-refractivity contribution >= 4 is 19.8 Å². The number of carbonyl (C=O) groups is 2. The third kappa shape index (κ3) is 35.4. The van der Waals surface area contributed by atoms with Crippen LogP contribution in [-0.2, 0) is 32.7 Å². The minimum absolute atomic E-state index is 0.205. The Bertz CT molecular complexity index is 985. The molecule has 0 saturated carbocycles. The highest BCUT2D eigenvalue weighted by molar-refractivity contribution is 7.47. The highest BCUT2D eigenvalue weighted by Gasteiger charge is 2.24. The molecule has 0 radical (unpaired) electrons. The van der Waals surface area contributed by atoms with E-state index < -0.39 is 26.5 Å². The summed E-state index contributed by atoms with van der Waals surface area (Å²) in [6.45, 7) is 3.70. The van der Waals surface area contributed by atoms with E-state index in [1.54, 1.807) is 0 Å². The number of phosphoric acid groups is 1. The second-order valence-corrected chi connectivity index (χ2v) is 13.9. The summed E-state index contributed by atoms with van der Waals surface area (Å²) in [5.41, 5.74) is 0. The Kier molecular flexibility index (Phi) is 33.9. The van der Waals surface area contributed by atoms with Crippen molar-refractivity contribution in [3.8, 4) is 0 Å². The largest absolute Gasteiger partial charge is 0.472 e. The van der Waals surface area contributed by atoms with Crippen LogP contribution in [0.5, 0.6) is 0 Å². The maximum Gasteiger partial charge on any atom is 0.472 e. The molecular formula is C40H69O8P. The molecule has 0 aliphatic heterocycles. The lowest BCUT2D eigenvalue weighted by Crippen LogP contribution is -2.29. The van der Waals surface area contributed by atoms with Gasteiger partial charge in [0, 0.05) is 20.0 Å². The number of hydrogen-bond donors (Lipinski definition) is 1. The van der Waals surface area contributed by atoms with Crippen LogP contribution in [-0.4, -0.2) is 43.3 Å². The first-order valence-corrected chi connectivity index (χ1v) is 20.5. The Labute approximate surface area is 299 Å². The van der Waals surface area contributed by atoms with Gasteiger partial charge >= 0.3 is 19.8 Å². The number of rotatable bonds is 34. The lowest BCUT2D eigenvalue weighted by Gasteiger charge is -2.19. The average Bonchev–Trinajstić information content (AvgIpc) is 3.09. The summed E-state index contributed by atoms with van der Waals surface area (Å²) in [4.78, 5) is 34.3. The molecule has 0 heterocycles. The van der Waals surface area contributed by atoms with Crippen molar-refractivity contribution in [3.63, 3.8) is 0 Å². The van der Waals surface area contributed by atoms with Gasteiger partial charge in [-0.25, -0.2) is 4.57 Å². The fourth-order valence-electron chi connectivity index (χ4n) is 4.82. The Morgan fingerprint density at radius 3 is 1.57 bits per heavy atom. The fourth-order valence-corrected chi connectivity index (χ4v) is 5.28. The van der Waals surface area contributed by atoms with Crippen molar-refractivity contribution in [2.75, 3.05) is 20.3 Å². The van der Waals surface area contributed by atoms with E-state index in [1.807, 2.05) is 0 Å². The van der Waals surface area contributed by atoms with Crippen molar-refractivity contribution < 1.29 is 37.6 Å². The maximum absolute atomic E-state index is 12.4. The lowest BCUT2D eigenvalue weighted by molar-refractivity contribution is -0.161. The Balaban J connectivity index is 4.11. The first-order valence-electron chi connectivity index (χ1n) is 19.0. The standard InChI is InChI=1S/C40H69O8P/c1-4-6-8-10-12-14-16-18-19-20-21-23-24-26-28-30-32-34-39(41)46-36-38(37-47-49(43,44)45-3)48-40(42)35-33-31-29-27-25-22-17-15-13-11-9-7-5-2/h7,9,12-15,18-19,22,25,38H,4-6,8,10-11,16-17,20-21,23-24,26-37H2,1-3H3,(H,43,44)/b9-7-,14-12-,15-13-,19-18-,25-22-. The van der Waals surface area contributed by atoms with E-state index in [4.69, 9.17) is 14.0 Å². The van der Waals surface area contributed by atoms with Gasteiger partial charge in [0.05, 0.1) is 6.61 Å². The van der Waals surface area contributed by atoms with Gasteiger partial charge < -0.3 is 14.4 Å². The summed E-state index contributed by atoms with van der Waals surface area (Å²) in [5, 5.41) is 0. The lowest BCUT2D eigenvalue weighted by atomic mass is 10.1. The summed E-state index contributed by atoms with van der Waals surface area (Å²) in [7, 11) is -3.22. The summed E-state index contributed by atoms with van der Waals surface area (Å²) < 4.78 is 31.8. The highest BCUT2D eigenvalue weighted by Crippen LogP contribution is 2.42. The molecule has 0 aromatic rings. The van der Waals surface area contributed by atoms with E-state index in [-0.39, 0.29) is 25.4 Å². The van der Waals surface area contributed by atoms with Gasteiger partial charge in [-0.15, -0.1) is 0 Å². The van der Waals surface area contributed by atoms with Crippen molar-refractivity contribution in [1.29, 1.82) is 0 Å². The van der Waals surface area contributed by atoms with E-state index in [0.29, 0.717) is 6.42 Å². The topological polar surface area (TPSA) is 108 Å². The smallest absolute Gasteiger partial charge is 0.462 e. The number of phosphoric ester groups is 1. The number of ether oxygens (including phenoxy) is 2. The van der Waals surface area contributed by atoms with Crippen LogP contribution in [0.4, 0.5) is 0 Å². The van der Waals surface area contributed by atoms with E-state index in [1.165, 1.54) is 44.9 Å². The monoisotopic (exact) mass is 708 g/mol. The Morgan fingerprint density at radius 1 is 0.592 bits per heavy atom. The van der Waals surface area contributed by atoms with Crippen LogP contribution in [0.15, 0.2) is 60.8 Å². The molecule has 0 rings (SSSR count). The van der Waals surface area contributed by atoms with Crippen LogP contribution in [0.2, 0.25) is 0 Å². The number of carbonyl (C=O) groups excluding carboxylic acids is 2. The number of esters is 2. The zero-order chi connectivity index (χ0) is 36.1. The molecule has 49 heavy (non-hydrogen) atoms. The minimum Gasteiger partial charge on any atom is -0.462 e. The van der Waals surface area contributed by atoms with Gasteiger partial charge in [0.1, 0.15) is 6.61 Å². The summed E-state index contributed by atoms with van der Waals surface area (Å²) >= 11 is 0. The van der Waals surface area contributed by atoms with Gasteiger partial charge in [0.2, 0.25) is 0 Å². The number of allylic oxidation sites excluding steroid dienone is 10. The van der Waals surface area contributed by atoms with Gasteiger partial charge in [-0.3, -0.25) is 18.6 Å². The molecule has 0 bridgehead atoms. The SMILES string of the molecule is CC/C=C\C/C=C\C/C=C\CCCCCC(=O)OC(COC(=O)CCCCCCCCC/C=C\C/C=C\CCCCC)COP(=O)(O)OC. The molecule has 9 heteroatoms. The first-order chi connectivity index (χ1) is 23.8. The molecular weight excluding hydrogens is 639 g/mol. The molecule has 1 N–H and O–H groups in total. The van der Waals surface area contributed by atoms with E-state index >= 15 is 0 Å². The van der Waals surface area contributed by atoms with Gasteiger partial charge in [0.15, 0.2) is 6.10 Å². The molecule has 2 unspecified atom stereocenters. The molecule has 0 aliphatic rings.